The summed E-state index contributed by atoms with van der Waals surface area (Å²) in [5.74, 6) is 0.186. The van der Waals surface area contributed by atoms with Gasteiger partial charge in [-0.1, -0.05) is 13.8 Å². The van der Waals surface area contributed by atoms with Crippen LogP contribution in [0.3, 0.4) is 0 Å². The molecule has 1 aliphatic heterocycles. The molecule has 0 fully saturated rings. The lowest BCUT2D eigenvalue weighted by Crippen LogP contribution is -2.22. The van der Waals surface area contributed by atoms with Crippen LogP contribution >= 0.6 is 0 Å². The number of amides is 1. The van der Waals surface area contributed by atoms with Gasteiger partial charge in [0.2, 0.25) is 0 Å². The second-order valence-electron chi connectivity index (χ2n) is 6.26. The van der Waals surface area contributed by atoms with Crippen molar-refractivity contribution in [3.8, 4) is 0 Å². The molecule has 1 amide bonds. The summed E-state index contributed by atoms with van der Waals surface area (Å²) in [7, 11) is 0. The predicted molar refractivity (Wildman–Crippen MR) is 102 cm³/mol. The summed E-state index contributed by atoms with van der Waals surface area (Å²) in [5.41, 5.74) is 7.90. The molecule has 0 saturated carbocycles. The van der Waals surface area contributed by atoms with Crippen molar-refractivity contribution < 1.29 is 4.79 Å². The fraction of sp³-hybridized carbons (Fsp3) is 0.368. The highest BCUT2D eigenvalue weighted by atomic mass is 16.2. The van der Waals surface area contributed by atoms with Crippen LogP contribution in [0.1, 0.15) is 42.2 Å². The van der Waals surface area contributed by atoms with Crippen LogP contribution in [-0.2, 0) is 11.3 Å². The average molecular weight is 352 g/mol. The van der Waals surface area contributed by atoms with E-state index in [4.69, 9.17) is 0 Å². The standard InChI is InChI=1S/C19H24N6O/c1-5-25(6-2)11-15-12(3)16(22-13(15)4)10-14-17(23-24-19(14)26)18-20-8-7-9-21-18/h7-10,22H,5-6,11H2,1-4H3,(H,24,26)/b14-10+. The Morgan fingerprint density at radius 3 is 2.50 bits per heavy atom. The van der Waals surface area contributed by atoms with Gasteiger partial charge in [0.05, 0.1) is 5.57 Å². The second kappa shape index (κ2) is 7.61. The van der Waals surface area contributed by atoms with Gasteiger partial charge in [-0.15, -0.1) is 0 Å². The number of hydrazone groups is 1. The van der Waals surface area contributed by atoms with E-state index < -0.39 is 0 Å². The zero-order valence-corrected chi connectivity index (χ0v) is 15.6. The third-order valence-electron chi connectivity index (χ3n) is 4.74. The van der Waals surface area contributed by atoms with E-state index in [1.165, 1.54) is 5.56 Å². The molecule has 0 bridgehead atoms. The van der Waals surface area contributed by atoms with Gasteiger partial charge in [0.1, 0.15) is 5.71 Å². The molecular formula is C19H24N6O. The van der Waals surface area contributed by atoms with Crippen LogP contribution in [0.4, 0.5) is 0 Å². The summed E-state index contributed by atoms with van der Waals surface area (Å²) < 4.78 is 0. The Labute approximate surface area is 153 Å². The SMILES string of the molecule is CCN(CC)Cc1c(C)[nH]c(/C=C2/C(=O)NN=C2c2ncccn2)c1C. The summed E-state index contributed by atoms with van der Waals surface area (Å²) in [6, 6.07) is 1.73. The Bertz CT molecular complexity index is 862. The molecule has 0 unspecified atom stereocenters. The van der Waals surface area contributed by atoms with Crippen molar-refractivity contribution >= 4 is 17.7 Å². The van der Waals surface area contributed by atoms with Gasteiger partial charge in [-0.05, 0) is 50.2 Å². The lowest BCUT2D eigenvalue weighted by atomic mass is 10.1. The molecule has 0 aromatic carbocycles. The number of aryl methyl sites for hydroxylation is 1. The van der Waals surface area contributed by atoms with E-state index in [0.29, 0.717) is 17.1 Å². The van der Waals surface area contributed by atoms with Crippen LogP contribution in [-0.4, -0.2) is 44.6 Å². The number of hydrogen-bond donors (Lipinski definition) is 2. The van der Waals surface area contributed by atoms with Crippen molar-refractivity contribution in [1.29, 1.82) is 0 Å². The fourth-order valence-electron chi connectivity index (χ4n) is 3.07. The molecule has 7 heteroatoms. The van der Waals surface area contributed by atoms with E-state index in [1.807, 2.05) is 6.08 Å². The molecule has 2 N–H and O–H groups in total. The molecule has 3 rings (SSSR count). The molecule has 26 heavy (non-hydrogen) atoms. The van der Waals surface area contributed by atoms with Gasteiger partial charge in [0.25, 0.3) is 5.91 Å². The third-order valence-corrected chi connectivity index (χ3v) is 4.74. The minimum Gasteiger partial charge on any atom is -0.359 e. The van der Waals surface area contributed by atoms with E-state index >= 15 is 0 Å². The molecular weight excluding hydrogens is 328 g/mol. The lowest BCUT2D eigenvalue weighted by molar-refractivity contribution is -0.116. The van der Waals surface area contributed by atoms with Gasteiger partial charge < -0.3 is 4.98 Å². The first-order chi connectivity index (χ1) is 12.5. The summed E-state index contributed by atoms with van der Waals surface area (Å²) in [4.78, 5) is 26.4. The number of hydrogen-bond acceptors (Lipinski definition) is 5. The molecule has 1 aliphatic rings. The Morgan fingerprint density at radius 2 is 1.85 bits per heavy atom. The number of nitrogens with one attached hydrogen (secondary N) is 2. The van der Waals surface area contributed by atoms with Gasteiger partial charge in [-0.2, -0.15) is 5.10 Å². The Kier molecular flexibility index (Phi) is 5.27. The average Bonchev–Trinajstić information content (AvgIpc) is 3.14. The van der Waals surface area contributed by atoms with Crippen molar-refractivity contribution in [2.75, 3.05) is 13.1 Å². The van der Waals surface area contributed by atoms with Gasteiger partial charge in [0.15, 0.2) is 5.82 Å². The van der Waals surface area contributed by atoms with E-state index in [1.54, 1.807) is 18.5 Å². The summed E-state index contributed by atoms with van der Waals surface area (Å²) in [5, 5.41) is 4.10. The Balaban J connectivity index is 1.96. The monoisotopic (exact) mass is 352 g/mol. The summed E-state index contributed by atoms with van der Waals surface area (Å²) in [6.45, 7) is 11.4. The third kappa shape index (κ3) is 3.43. The van der Waals surface area contributed by atoms with E-state index in [-0.39, 0.29) is 5.91 Å². The number of rotatable bonds is 6. The van der Waals surface area contributed by atoms with Gasteiger partial charge in [-0.25, -0.2) is 15.4 Å². The molecule has 0 spiro atoms. The predicted octanol–water partition coefficient (Wildman–Crippen LogP) is 2.18. The molecule has 3 heterocycles. The van der Waals surface area contributed by atoms with E-state index in [2.05, 4.69) is 58.1 Å². The van der Waals surface area contributed by atoms with Crippen LogP contribution in [0.5, 0.6) is 0 Å². The number of aromatic nitrogens is 3. The van der Waals surface area contributed by atoms with Crippen molar-refractivity contribution in [2.24, 2.45) is 5.10 Å². The number of nitrogens with zero attached hydrogens (tertiary/aromatic N) is 4. The molecule has 2 aromatic rings. The van der Waals surface area contributed by atoms with Crippen LogP contribution < -0.4 is 5.43 Å². The quantitative estimate of drug-likeness (QED) is 0.780. The topological polar surface area (TPSA) is 86.3 Å². The highest BCUT2D eigenvalue weighted by Gasteiger charge is 2.26. The maximum Gasteiger partial charge on any atom is 0.273 e. The fourth-order valence-corrected chi connectivity index (χ4v) is 3.07. The highest BCUT2D eigenvalue weighted by molar-refractivity contribution is 6.32. The molecule has 0 atom stereocenters. The molecule has 0 saturated heterocycles. The molecule has 7 nitrogen and oxygen atoms in total. The number of aromatic amines is 1. The van der Waals surface area contributed by atoms with Crippen LogP contribution in [0.25, 0.3) is 6.08 Å². The molecule has 2 aromatic heterocycles. The lowest BCUT2D eigenvalue weighted by Gasteiger charge is -2.18. The van der Waals surface area contributed by atoms with Crippen LogP contribution in [0.15, 0.2) is 29.1 Å². The largest absolute Gasteiger partial charge is 0.359 e. The number of carbonyl (C=O) groups excluding carboxylic acids is 1. The Morgan fingerprint density at radius 1 is 1.15 bits per heavy atom. The summed E-state index contributed by atoms with van der Waals surface area (Å²) in [6.07, 6.45) is 5.11. The first-order valence-corrected chi connectivity index (χ1v) is 8.83. The smallest absolute Gasteiger partial charge is 0.273 e. The Hall–Kier alpha value is -2.80. The maximum absolute atomic E-state index is 12.3. The van der Waals surface area contributed by atoms with Crippen molar-refractivity contribution in [2.45, 2.75) is 34.2 Å². The zero-order valence-electron chi connectivity index (χ0n) is 15.6. The maximum atomic E-state index is 12.3. The molecule has 0 radical (unpaired) electrons. The zero-order chi connectivity index (χ0) is 18.7. The van der Waals surface area contributed by atoms with Crippen molar-refractivity contribution in [3.63, 3.8) is 0 Å². The van der Waals surface area contributed by atoms with Crippen LogP contribution in [0, 0.1) is 13.8 Å². The van der Waals surface area contributed by atoms with Gasteiger partial charge >= 0.3 is 0 Å². The van der Waals surface area contributed by atoms with Gasteiger partial charge in [0, 0.05) is 30.3 Å². The van der Waals surface area contributed by atoms with Crippen molar-refractivity contribution in [1.82, 2.24) is 25.3 Å². The minimum atomic E-state index is -0.246. The minimum absolute atomic E-state index is 0.246. The van der Waals surface area contributed by atoms with E-state index in [0.717, 1.165) is 36.6 Å². The first kappa shape index (κ1) is 18.0. The number of carbonyl (C=O) groups is 1. The first-order valence-electron chi connectivity index (χ1n) is 8.83. The summed E-state index contributed by atoms with van der Waals surface area (Å²) >= 11 is 0. The van der Waals surface area contributed by atoms with Gasteiger partial charge in [-0.3, -0.25) is 9.69 Å². The molecule has 136 valence electrons. The highest BCUT2D eigenvalue weighted by Crippen LogP contribution is 2.23. The second-order valence-corrected chi connectivity index (χ2v) is 6.26. The molecule has 0 aliphatic carbocycles. The number of H-pyrrole nitrogens is 1. The van der Waals surface area contributed by atoms with E-state index in [9.17, 15) is 4.79 Å². The normalized spacial score (nSPS) is 15.7. The van der Waals surface area contributed by atoms with Crippen LogP contribution in [0.2, 0.25) is 0 Å². The van der Waals surface area contributed by atoms with Crippen molar-refractivity contribution in [3.05, 3.63) is 52.4 Å².